The first-order valence-electron chi connectivity index (χ1n) is 9.05. The van der Waals surface area contributed by atoms with Crippen molar-refractivity contribution in [2.24, 2.45) is 5.92 Å². The molecule has 0 radical (unpaired) electrons. The van der Waals surface area contributed by atoms with Crippen molar-refractivity contribution in [3.8, 4) is 17.2 Å². The summed E-state index contributed by atoms with van der Waals surface area (Å²) in [6.45, 7) is 4.50. The monoisotopic (exact) mass is 380 g/mol. The third-order valence-corrected chi connectivity index (χ3v) is 5.52. The van der Waals surface area contributed by atoms with E-state index in [2.05, 4.69) is 10.6 Å². The van der Waals surface area contributed by atoms with Gasteiger partial charge in [0.25, 0.3) is 5.91 Å². The van der Waals surface area contributed by atoms with Crippen LogP contribution in [-0.4, -0.2) is 70.1 Å². The third kappa shape index (κ3) is 2.73. The second kappa shape index (κ2) is 6.52. The minimum Gasteiger partial charge on any atom is -0.504 e. The van der Waals surface area contributed by atoms with Crippen molar-refractivity contribution in [2.75, 3.05) is 13.3 Å². The van der Waals surface area contributed by atoms with Crippen LogP contribution in [0.5, 0.6) is 17.2 Å². The molecule has 6 atom stereocenters. The topological polar surface area (TPSA) is 141 Å². The maximum Gasteiger partial charge on any atom is 0.255 e. The standard InChI is InChI=1S/C18H24N2O7/c1-6(2)4-19-11-9-7-3-8-17(27-5-26-8)13(21)10(7)18(25)20-12(9)15(23)16(24)14(11)22/h3,6,9,11-12,14-16,19,21-24H,4-5H2,1-2H3,(H,20,25). The van der Waals surface area contributed by atoms with Crippen molar-refractivity contribution in [3.05, 3.63) is 17.2 Å². The van der Waals surface area contributed by atoms with Crippen LogP contribution >= 0.6 is 0 Å². The summed E-state index contributed by atoms with van der Waals surface area (Å²) in [7, 11) is 0. The van der Waals surface area contributed by atoms with E-state index in [-0.39, 0.29) is 29.8 Å². The Morgan fingerprint density at radius 2 is 1.96 bits per heavy atom. The molecule has 0 spiro atoms. The van der Waals surface area contributed by atoms with E-state index in [9.17, 15) is 25.2 Å². The highest BCUT2D eigenvalue weighted by Crippen LogP contribution is 2.50. The van der Waals surface area contributed by atoms with Crippen molar-refractivity contribution >= 4 is 5.91 Å². The zero-order valence-corrected chi connectivity index (χ0v) is 15.0. The number of phenols is 1. The molecule has 6 unspecified atom stereocenters. The Labute approximate surface area is 155 Å². The third-order valence-electron chi connectivity index (χ3n) is 5.52. The van der Waals surface area contributed by atoms with Gasteiger partial charge in [-0.3, -0.25) is 4.79 Å². The van der Waals surface area contributed by atoms with Crippen LogP contribution in [0.2, 0.25) is 0 Å². The smallest absolute Gasteiger partial charge is 0.255 e. The SMILES string of the molecule is CC(C)CNC1C(O)C(O)C(O)C2NC(=O)c3c(cc4c(c3O)OCO4)C12. The molecule has 4 rings (SSSR count). The Balaban J connectivity index is 1.84. The van der Waals surface area contributed by atoms with Gasteiger partial charge in [0.05, 0.1) is 17.7 Å². The molecular weight excluding hydrogens is 356 g/mol. The van der Waals surface area contributed by atoms with Gasteiger partial charge in [-0.2, -0.15) is 0 Å². The average molecular weight is 380 g/mol. The van der Waals surface area contributed by atoms with Crippen LogP contribution in [0.4, 0.5) is 0 Å². The molecule has 1 amide bonds. The maximum absolute atomic E-state index is 12.6. The number of hydrogen-bond acceptors (Lipinski definition) is 8. The number of ether oxygens (including phenoxy) is 2. The summed E-state index contributed by atoms with van der Waals surface area (Å²) >= 11 is 0. The summed E-state index contributed by atoms with van der Waals surface area (Å²) in [4.78, 5) is 12.6. The number of carbonyl (C=O) groups is 1. The molecule has 0 bridgehead atoms. The lowest BCUT2D eigenvalue weighted by atomic mass is 9.68. The van der Waals surface area contributed by atoms with E-state index in [0.29, 0.717) is 17.9 Å². The summed E-state index contributed by atoms with van der Waals surface area (Å²) in [5.74, 6) is -0.794. The van der Waals surface area contributed by atoms with Crippen molar-refractivity contribution in [1.29, 1.82) is 0 Å². The van der Waals surface area contributed by atoms with Crippen LogP contribution in [0.3, 0.4) is 0 Å². The van der Waals surface area contributed by atoms with Crippen LogP contribution in [0.1, 0.15) is 35.7 Å². The van der Waals surface area contributed by atoms with E-state index >= 15 is 0 Å². The number of aliphatic hydroxyl groups is 3. The number of nitrogens with one attached hydrogen (secondary N) is 2. The largest absolute Gasteiger partial charge is 0.504 e. The van der Waals surface area contributed by atoms with E-state index in [4.69, 9.17) is 9.47 Å². The van der Waals surface area contributed by atoms with Gasteiger partial charge in [0.1, 0.15) is 12.2 Å². The molecule has 148 valence electrons. The molecule has 6 N–H and O–H groups in total. The lowest BCUT2D eigenvalue weighted by Gasteiger charge is -2.49. The summed E-state index contributed by atoms with van der Waals surface area (Å²) < 4.78 is 10.6. The molecule has 1 fully saturated rings. The molecule has 0 aromatic heterocycles. The Hall–Kier alpha value is -2.07. The maximum atomic E-state index is 12.6. The number of benzene rings is 1. The van der Waals surface area contributed by atoms with E-state index in [0.717, 1.165) is 0 Å². The summed E-state index contributed by atoms with van der Waals surface area (Å²) in [6, 6.07) is 0.136. The lowest BCUT2D eigenvalue weighted by Crippen LogP contribution is -2.69. The molecule has 2 heterocycles. The van der Waals surface area contributed by atoms with Crippen molar-refractivity contribution in [2.45, 2.75) is 50.2 Å². The van der Waals surface area contributed by atoms with E-state index in [1.54, 1.807) is 6.07 Å². The van der Waals surface area contributed by atoms with Gasteiger partial charge in [-0.1, -0.05) is 13.8 Å². The van der Waals surface area contributed by atoms with Crippen LogP contribution in [0.15, 0.2) is 6.07 Å². The number of amides is 1. The van der Waals surface area contributed by atoms with Crippen molar-refractivity contribution in [1.82, 2.24) is 10.6 Å². The fourth-order valence-corrected chi connectivity index (χ4v) is 4.23. The van der Waals surface area contributed by atoms with Crippen LogP contribution in [-0.2, 0) is 0 Å². The van der Waals surface area contributed by atoms with E-state index < -0.39 is 42.2 Å². The van der Waals surface area contributed by atoms with Gasteiger partial charge in [-0.15, -0.1) is 0 Å². The van der Waals surface area contributed by atoms with Gasteiger partial charge in [0.2, 0.25) is 12.5 Å². The second-order valence-electron chi connectivity index (χ2n) is 7.75. The molecule has 1 saturated carbocycles. The first-order valence-corrected chi connectivity index (χ1v) is 9.05. The van der Waals surface area contributed by atoms with Crippen LogP contribution < -0.4 is 20.1 Å². The Morgan fingerprint density at radius 3 is 2.67 bits per heavy atom. The molecule has 1 aliphatic carbocycles. The minimum absolute atomic E-state index is 0.0348. The first kappa shape index (κ1) is 18.3. The predicted octanol–water partition coefficient (Wildman–Crippen LogP) is -0.973. The molecular formula is C18H24N2O7. The summed E-state index contributed by atoms with van der Waals surface area (Å²) in [5.41, 5.74) is 0.476. The number of phenolic OH excluding ortho intramolecular Hbond substituents is 1. The highest BCUT2D eigenvalue weighted by atomic mass is 16.7. The van der Waals surface area contributed by atoms with Crippen molar-refractivity contribution < 1.29 is 34.7 Å². The fraction of sp³-hybridized carbons (Fsp3) is 0.611. The molecule has 27 heavy (non-hydrogen) atoms. The first-order chi connectivity index (χ1) is 12.8. The number of aromatic hydroxyl groups is 1. The molecule has 0 saturated heterocycles. The van der Waals surface area contributed by atoms with E-state index in [1.165, 1.54) is 0 Å². The summed E-state index contributed by atoms with van der Waals surface area (Å²) in [6.07, 6.45) is -4.03. The predicted molar refractivity (Wildman–Crippen MR) is 92.9 cm³/mol. The van der Waals surface area contributed by atoms with Crippen LogP contribution in [0.25, 0.3) is 0 Å². The average Bonchev–Trinajstić information content (AvgIpc) is 3.09. The number of carbonyl (C=O) groups excluding carboxylic acids is 1. The van der Waals surface area contributed by atoms with Crippen molar-refractivity contribution in [3.63, 3.8) is 0 Å². The molecule has 3 aliphatic rings. The molecule has 1 aromatic carbocycles. The highest BCUT2D eigenvalue weighted by molar-refractivity contribution is 6.01. The zero-order chi connectivity index (χ0) is 19.5. The van der Waals surface area contributed by atoms with Gasteiger partial charge in [-0.05, 0) is 24.1 Å². The quantitative estimate of drug-likeness (QED) is 0.393. The zero-order valence-electron chi connectivity index (χ0n) is 15.0. The lowest BCUT2D eigenvalue weighted by molar-refractivity contribution is -0.119. The van der Waals surface area contributed by atoms with Crippen LogP contribution in [0, 0.1) is 5.92 Å². The fourth-order valence-electron chi connectivity index (χ4n) is 4.23. The number of hydrogen-bond donors (Lipinski definition) is 6. The highest BCUT2D eigenvalue weighted by Gasteiger charge is 2.54. The Morgan fingerprint density at radius 1 is 1.22 bits per heavy atom. The molecule has 1 aromatic rings. The summed E-state index contributed by atoms with van der Waals surface area (Å²) in [5, 5.41) is 47.8. The minimum atomic E-state index is -1.42. The Kier molecular flexibility index (Phi) is 4.42. The number of rotatable bonds is 3. The second-order valence-corrected chi connectivity index (χ2v) is 7.75. The normalized spacial score (nSPS) is 34.2. The van der Waals surface area contributed by atoms with Gasteiger partial charge in [0, 0.05) is 12.0 Å². The van der Waals surface area contributed by atoms with Gasteiger partial charge in [-0.25, -0.2) is 0 Å². The number of fused-ring (bicyclic) bond motifs is 4. The van der Waals surface area contributed by atoms with Gasteiger partial charge >= 0.3 is 0 Å². The van der Waals surface area contributed by atoms with Gasteiger partial charge in [0.15, 0.2) is 11.5 Å². The molecule has 9 heteroatoms. The van der Waals surface area contributed by atoms with E-state index in [1.807, 2.05) is 13.8 Å². The molecule has 9 nitrogen and oxygen atoms in total. The number of aliphatic hydroxyl groups excluding tert-OH is 3. The molecule has 2 aliphatic heterocycles. The Bertz CT molecular complexity index is 769. The van der Waals surface area contributed by atoms with Gasteiger partial charge < -0.3 is 40.5 Å².